The third-order valence-electron chi connectivity index (χ3n) is 3.45. The highest BCUT2D eigenvalue weighted by Gasteiger charge is 2.15. The molecule has 4 nitrogen and oxygen atoms in total. The lowest BCUT2D eigenvalue weighted by atomic mass is 10.0. The van der Waals surface area contributed by atoms with Crippen molar-refractivity contribution in [2.24, 2.45) is 5.92 Å². The fourth-order valence-electron chi connectivity index (χ4n) is 2.40. The van der Waals surface area contributed by atoms with Gasteiger partial charge in [0.2, 0.25) is 0 Å². The van der Waals surface area contributed by atoms with E-state index in [9.17, 15) is 0 Å². The third-order valence-corrected chi connectivity index (χ3v) is 3.45. The highest BCUT2D eigenvalue weighted by atomic mass is 16.5. The molecule has 2 heterocycles. The maximum Gasteiger partial charge on any atom is 0.151 e. The van der Waals surface area contributed by atoms with E-state index in [0.29, 0.717) is 0 Å². The van der Waals surface area contributed by atoms with Crippen LogP contribution in [-0.4, -0.2) is 30.2 Å². The lowest BCUT2D eigenvalue weighted by Crippen LogP contribution is -2.23. The fourth-order valence-corrected chi connectivity index (χ4v) is 2.40. The molecule has 96 valence electrons. The second kappa shape index (κ2) is 6.17. The van der Waals surface area contributed by atoms with E-state index in [-0.39, 0.29) is 0 Å². The van der Waals surface area contributed by atoms with Crippen molar-refractivity contribution < 1.29 is 4.52 Å². The minimum Gasteiger partial charge on any atom is -0.360 e. The van der Waals surface area contributed by atoms with E-state index in [1.54, 1.807) is 0 Å². The molecule has 1 unspecified atom stereocenters. The SMILES string of the molecule is CNCc1cc(CN2CCCC(C)CC2)on1. The van der Waals surface area contributed by atoms with E-state index in [1.807, 2.05) is 7.05 Å². The van der Waals surface area contributed by atoms with E-state index in [2.05, 4.69) is 28.4 Å². The summed E-state index contributed by atoms with van der Waals surface area (Å²) in [6, 6.07) is 2.06. The molecule has 0 amide bonds. The van der Waals surface area contributed by atoms with Gasteiger partial charge in [-0.15, -0.1) is 0 Å². The van der Waals surface area contributed by atoms with Crippen LogP contribution >= 0.6 is 0 Å². The second-order valence-corrected chi connectivity index (χ2v) is 5.13. The van der Waals surface area contributed by atoms with Crippen LogP contribution < -0.4 is 5.32 Å². The first kappa shape index (κ1) is 12.6. The van der Waals surface area contributed by atoms with E-state index in [0.717, 1.165) is 30.5 Å². The van der Waals surface area contributed by atoms with Gasteiger partial charge >= 0.3 is 0 Å². The normalized spacial score (nSPS) is 22.6. The summed E-state index contributed by atoms with van der Waals surface area (Å²) >= 11 is 0. The monoisotopic (exact) mass is 237 g/mol. The number of nitrogens with one attached hydrogen (secondary N) is 1. The predicted octanol–water partition coefficient (Wildman–Crippen LogP) is 2.02. The summed E-state index contributed by atoms with van der Waals surface area (Å²) in [5.41, 5.74) is 0.991. The van der Waals surface area contributed by atoms with Crippen LogP contribution in [0.2, 0.25) is 0 Å². The van der Waals surface area contributed by atoms with Gasteiger partial charge in [0.25, 0.3) is 0 Å². The molecular weight excluding hydrogens is 214 g/mol. The van der Waals surface area contributed by atoms with Crippen LogP contribution in [0, 0.1) is 5.92 Å². The molecule has 0 bridgehead atoms. The van der Waals surface area contributed by atoms with E-state index < -0.39 is 0 Å². The van der Waals surface area contributed by atoms with Crippen molar-refractivity contribution in [3.63, 3.8) is 0 Å². The summed E-state index contributed by atoms with van der Waals surface area (Å²) in [6.45, 7) is 6.41. The number of likely N-dealkylation sites (tertiary alicyclic amines) is 1. The minimum atomic E-state index is 0.778. The van der Waals surface area contributed by atoms with Gasteiger partial charge in [-0.05, 0) is 45.3 Å². The molecule has 2 rings (SSSR count). The molecule has 1 aromatic heterocycles. The molecule has 1 saturated heterocycles. The maximum absolute atomic E-state index is 5.36. The summed E-state index contributed by atoms with van der Waals surface area (Å²) in [7, 11) is 1.92. The standard InChI is InChI=1S/C13H23N3O/c1-11-4-3-6-16(7-5-11)10-13-8-12(9-14-2)15-17-13/h8,11,14H,3-7,9-10H2,1-2H3. The first-order valence-electron chi connectivity index (χ1n) is 6.59. The van der Waals surface area contributed by atoms with Crippen LogP contribution in [0.15, 0.2) is 10.6 Å². The van der Waals surface area contributed by atoms with Gasteiger partial charge in [-0.2, -0.15) is 0 Å². The molecular formula is C13H23N3O. The van der Waals surface area contributed by atoms with Crippen molar-refractivity contribution in [1.29, 1.82) is 0 Å². The molecule has 1 aromatic rings. The summed E-state index contributed by atoms with van der Waals surface area (Å²) in [6.07, 6.45) is 3.97. The van der Waals surface area contributed by atoms with Crippen molar-refractivity contribution in [3.05, 3.63) is 17.5 Å². The lowest BCUT2D eigenvalue weighted by molar-refractivity contribution is 0.236. The number of nitrogens with zero attached hydrogens (tertiary/aromatic N) is 2. The van der Waals surface area contributed by atoms with Gasteiger partial charge in [0.15, 0.2) is 5.76 Å². The topological polar surface area (TPSA) is 41.3 Å². The van der Waals surface area contributed by atoms with Crippen LogP contribution in [-0.2, 0) is 13.1 Å². The van der Waals surface area contributed by atoms with Gasteiger partial charge in [-0.3, -0.25) is 4.90 Å². The number of hydrogen-bond acceptors (Lipinski definition) is 4. The Kier molecular flexibility index (Phi) is 4.57. The van der Waals surface area contributed by atoms with Crippen LogP contribution in [0.25, 0.3) is 0 Å². The molecule has 1 N–H and O–H groups in total. The van der Waals surface area contributed by atoms with Crippen molar-refractivity contribution in [2.75, 3.05) is 20.1 Å². The van der Waals surface area contributed by atoms with Gasteiger partial charge < -0.3 is 9.84 Å². The van der Waals surface area contributed by atoms with Crippen LogP contribution in [0.1, 0.15) is 37.6 Å². The molecule has 1 fully saturated rings. The average molecular weight is 237 g/mol. The fraction of sp³-hybridized carbons (Fsp3) is 0.769. The van der Waals surface area contributed by atoms with Gasteiger partial charge in [0.1, 0.15) is 0 Å². The van der Waals surface area contributed by atoms with E-state index in [4.69, 9.17) is 4.52 Å². The van der Waals surface area contributed by atoms with Crippen LogP contribution in [0.4, 0.5) is 0 Å². The zero-order valence-corrected chi connectivity index (χ0v) is 10.9. The Hall–Kier alpha value is -0.870. The molecule has 0 saturated carbocycles. The predicted molar refractivity (Wildman–Crippen MR) is 67.6 cm³/mol. The molecule has 17 heavy (non-hydrogen) atoms. The van der Waals surface area contributed by atoms with Gasteiger partial charge in [0.05, 0.1) is 12.2 Å². The number of aromatic nitrogens is 1. The molecule has 0 spiro atoms. The Bertz CT molecular complexity index is 337. The first-order valence-corrected chi connectivity index (χ1v) is 6.59. The summed E-state index contributed by atoms with van der Waals surface area (Å²) < 4.78 is 5.36. The number of rotatable bonds is 4. The highest BCUT2D eigenvalue weighted by molar-refractivity contribution is 5.05. The minimum absolute atomic E-state index is 0.778. The van der Waals surface area contributed by atoms with Crippen LogP contribution in [0.5, 0.6) is 0 Å². The van der Waals surface area contributed by atoms with Gasteiger partial charge in [-0.1, -0.05) is 12.1 Å². The highest BCUT2D eigenvalue weighted by Crippen LogP contribution is 2.18. The average Bonchev–Trinajstić information content (AvgIpc) is 2.63. The van der Waals surface area contributed by atoms with Crippen molar-refractivity contribution >= 4 is 0 Å². The smallest absolute Gasteiger partial charge is 0.151 e. The quantitative estimate of drug-likeness (QED) is 0.870. The summed E-state index contributed by atoms with van der Waals surface area (Å²) in [5.74, 6) is 1.86. The van der Waals surface area contributed by atoms with E-state index in [1.165, 1.54) is 32.4 Å². The Morgan fingerprint density at radius 1 is 1.47 bits per heavy atom. The zero-order chi connectivity index (χ0) is 12.1. The molecule has 0 aromatic carbocycles. The van der Waals surface area contributed by atoms with Crippen LogP contribution in [0.3, 0.4) is 0 Å². The molecule has 1 atom stereocenters. The lowest BCUT2D eigenvalue weighted by Gasteiger charge is -2.17. The Labute approximate surface area is 103 Å². The summed E-state index contributed by atoms with van der Waals surface area (Å²) in [5, 5.41) is 7.13. The maximum atomic E-state index is 5.36. The number of hydrogen-bond donors (Lipinski definition) is 1. The molecule has 4 heteroatoms. The molecule has 0 aliphatic carbocycles. The first-order chi connectivity index (χ1) is 8.28. The van der Waals surface area contributed by atoms with Crippen molar-refractivity contribution in [2.45, 2.75) is 39.3 Å². The van der Waals surface area contributed by atoms with Gasteiger partial charge in [0, 0.05) is 12.6 Å². The Balaban J connectivity index is 1.86. The third kappa shape index (κ3) is 3.82. The molecule has 1 aliphatic heterocycles. The molecule has 1 aliphatic rings. The largest absolute Gasteiger partial charge is 0.360 e. The van der Waals surface area contributed by atoms with Crippen molar-refractivity contribution in [3.8, 4) is 0 Å². The molecule has 0 radical (unpaired) electrons. The zero-order valence-electron chi connectivity index (χ0n) is 10.9. The van der Waals surface area contributed by atoms with E-state index >= 15 is 0 Å². The van der Waals surface area contributed by atoms with Gasteiger partial charge in [-0.25, -0.2) is 0 Å². The summed E-state index contributed by atoms with van der Waals surface area (Å²) in [4.78, 5) is 2.48. The van der Waals surface area contributed by atoms with Crippen molar-refractivity contribution in [1.82, 2.24) is 15.4 Å². The Morgan fingerprint density at radius 3 is 3.18 bits per heavy atom. The Morgan fingerprint density at radius 2 is 2.35 bits per heavy atom. The second-order valence-electron chi connectivity index (χ2n) is 5.13.